The van der Waals surface area contributed by atoms with E-state index in [-0.39, 0.29) is 19.0 Å². The molecule has 1 aliphatic carbocycles. The van der Waals surface area contributed by atoms with Gasteiger partial charge in [0, 0.05) is 19.0 Å². The van der Waals surface area contributed by atoms with Gasteiger partial charge in [0.05, 0.1) is 5.92 Å². The molecule has 2 unspecified atom stereocenters. The summed E-state index contributed by atoms with van der Waals surface area (Å²) in [5, 5.41) is 13.7. The van der Waals surface area contributed by atoms with Crippen LogP contribution in [0.15, 0.2) is 0 Å². The number of amides is 2. The van der Waals surface area contributed by atoms with Crippen LogP contribution in [0.5, 0.6) is 0 Å². The van der Waals surface area contributed by atoms with Crippen LogP contribution in [0.25, 0.3) is 0 Å². The van der Waals surface area contributed by atoms with Crippen molar-refractivity contribution >= 4 is 12.0 Å². The first kappa shape index (κ1) is 15.6. The van der Waals surface area contributed by atoms with E-state index in [4.69, 9.17) is 5.11 Å². The predicted octanol–water partition coefficient (Wildman–Crippen LogP) is 1.88. The van der Waals surface area contributed by atoms with Crippen molar-refractivity contribution in [1.82, 2.24) is 10.6 Å². The van der Waals surface area contributed by atoms with Crippen molar-refractivity contribution in [3.8, 4) is 0 Å². The van der Waals surface area contributed by atoms with E-state index in [0.717, 1.165) is 0 Å². The molecular weight excluding hydrogens is 265 g/mol. The van der Waals surface area contributed by atoms with Crippen molar-refractivity contribution in [3.63, 3.8) is 0 Å². The molecule has 0 bridgehead atoms. The molecule has 0 aromatic rings. The molecule has 2 atom stereocenters. The molecule has 5 nitrogen and oxygen atoms in total. The molecule has 0 spiro atoms. The van der Waals surface area contributed by atoms with Crippen LogP contribution in [0.4, 0.5) is 18.0 Å². The molecule has 3 N–H and O–H groups in total. The number of alkyl halides is 3. The van der Waals surface area contributed by atoms with E-state index in [0.29, 0.717) is 19.3 Å². The number of rotatable bonds is 5. The average molecular weight is 282 g/mol. The van der Waals surface area contributed by atoms with Crippen molar-refractivity contribution < 1.29 is 27.9 Å². The van der Waals surface area contributed by atoms with Gasteiger partial charge in [-0.25, -0.2) is 4.79 Å². The molecule has 0 radical (unpaired) electrons. The first-order valence-corrected chi connectivity index (χ1v) is 6.12. The maximum atomic E-state index is 11.8. The smallest absolute Gasteiger partial charge is 0.389 e. The van der Waals surface area contributed by atoms with Crippen LogP contribution in [0, 0.1) is 5.92 Å². The summed E-state index contributed by atoms with van der Waals surface area (Å²) in [6, 6.07) is -0.762. The molecule has 1 aliphatic rings. The van der Waals surface area contributed by atoms with Crippen LogP contribution >= 0.6 is 0 Å². The Bertz CT molecular complexity index is 334. The number of halogens is 3. The molecular formula is C11H17F3N2O3. The average Bonchev–Trinajstić information content (AvgIpc) is 2.71. The third-order valence-electron chi connectivity index (χ3n) is 3.04. The van der Waals surface area contributed by atoms with Crippen LogP contribution in [0.2, 0.25) is 0 Å². The predicted molar refractivity (Wildman–Crippen MR) is 60.6 cm³/mol. The molecule has 110 valence electrons. The number of carboxylic acids is 1. The topological polar surface area (TPSA) is 78.4 Å². The largest absolute Gasteiger partial charge is 0.481 e. The van der Waals surface area contributed by atoms with E-state index in [1.807, 2.05) is 0 Å². The Morgan fingerprint density at radius 1 is 1.26 bits per heavy atom. The van der Waals surface area contributed by atoms with E-state index >= 15 is 0 Å². The Morgan fingerprint density at radius 2 is 1.95 bits per heavy atom. The van der Waals surface area contributed by atoms with Crippen molar-refractivity contribution in [2.45, 2.75) is 44.3 Å². The van der Waals surface area contributed by atoms with Gasteiger partial charge in [0.15, 0.2) is 0 Å². The highest BCUT2D eigenvalue weighted by molar-refractivity contribution is 5.75. The number of nitrogens with one attached hydrogen (secondary N) is 2. The molecule has 0 aromatic heterocycles. The van der Waals surface area contributed by atoms with Gasteiger partial charge in [-0.1, -0.05) is 0 Å². The first-order chi connectivity index (χ1) is 8.78. The zero-order valence-electron chi connectivity index (χ0n) is 10.3. The minimum absolute atomic E-state index is 0.0551. The van der Waals surface area contributed by atoms with Gasteiger partial charge in [0.1, 0.15) is 0 Å². The molecule has 0 aromatic carbocycles. The molecule has 1 fully saturated rings. The highest BCUT2D eigenvalue weighted by Gasteiger charge is 2.30. The van der Waals surface area contributed by atoms with Crippen LogP contribution < -0.4 is 10.6 Å². The van der Waals surface area contributed by atoms with E-state index in [1.54, 1.807) is 0 Å². The molecule has 1 saturated carbocycles. The number of hydrogen-bond acceptors (Lipinski definition) is 2. The number of carbonyl (C=O) groups is 2. The van der Waals surface area contributed by atoms with Crippen LogP contribution in [-0.4, -0.2) is 35.9 Å². The summed E-state index contributed by atoms with van der Waals surface area (Å²) in [5.74, 6) is -1.33. The monoisotopic (exact) mass is 282 g/mol. The quantitative estimate of drug-likeness (QED) is 0.674. The lowest BCUT2D eigenvalue weighted by molar-refractivity contribution is -0.141. The second-order valence-electron chi connectivity index (χ2n) is 4.66. The van der Waals surface area contributed by atoms with Crippen molar-refractivity contribution in [2.75, 3.05) is 6.54 Å². The second kappa shape index (κ2) is 6.63. The summed E-state index contributed by atoms with van der Waals surface area (Å²) in [4.78, 5) is 22.1. The van der Waals surface area contributed by atoms with Crippen LogP contribution in [0.3, 0.4) is 0 Å². The number of aliphatic carboxylic acids is 1. The van der Waals surface area contributed by atoms with Gasteiger partial charge in [0.2, 0.25) is 0 Å². The zero-order chi connectivity index (χ0) is 14.5. The Labute approximate surface area is 108 Å². The summed E-state index contributed by atoms with van der Waals surface area (Å²) in [5.41, 5.74) is 0. The molecule has 8 heteroatoms. The van der Waals surface area contributed by atoms with Gasteiger partial charge in [0.25, 0.3) is 0 Å². The van der Waals surface area contributed by atoms with E-state index in [9.17, 15) is 22.8 Å². The number of hydrogen-bond donors (Lipinski definition) is 3. The van der Waals surface area contributed by atoms with Gasteiger partial charge in [-0.3, -0.25) is 4.79 Å². The van der Waals surface area contributed by atoms with Crippen molar-refractivity contribution in [2.24, 2.45) is 5.92 Å². The fraction of sp³-hybridized carbons (Fsp3) is 0.818. The molecule has 0 saturated heterocycles. The Hall–Kier alpha value is -1.47. The lowest BCUT2D eigenvalue weighted by Crippen LogP contribution is -2.41. The normalized spacial score (nSPS) is 23.1. The van der Waals surface area contributed by atoms with Crippen LogP contribution in [0.1, 0.15) is 32.1 Å². The van der Waals surface area contributed by atoms with E-state index < -0.39 is 30.5 Å². The van der Waals surface area contributed by atoms with Gasteiger partial charge >= 0.3 is 18.2 Å². The van der Waals surface area contributed by atoms with Gasteiger partial charge in [-0.05, 0) is 25.7 Å². The summed E-state index contributed by atoms with van der Waals surface area (Å²) in [6.45, 7) is -0.0551. The summed E-state index contributed by atoms with van der Waals surface area (Å²) in [6.07, 6.45) is -3.86. The minimum Gasteiger partial charge on any atom is -0.481 e. The van der Waals surface area contributed by atoms with Gasteiger partial charge in [-0.15, -0.1) is 0 Å². The Kier molecular flexibility index (Phi) is 5.44. The summed E-state index contributed by atoms with van der Waals surface area (Å²) in [7, 11) is 0. The first-order valence-electron chi connectivity index (χ1n) is 6.12. The Morgan fingerprint density at radius 3 is 2.47 bits per heavy atom. The molecule has 2 amide bonds. The number of carboxylic acid groups (broad SMARTS) is 1. The third-order valence-corrected chi connectivity index (χ3v) is 3.04. The van der Waals surface area contributed by atoms with Gasteiger partial charge in [-0.2, -0.15) is 13.2 Å². The lowest BCUT2D eigenvalue weighted by atomic mass is 10.1. The number of urea groups is 1. The molecule has 0 heterocycles. The SMILES string of the molecule is O=C(NCCCC(F)(F)F)NC1CCC(C(=O)O)C1. The third kappa shape index (κ3) is 6.30. The second-order valence-corrected chi connectivity index (χ2v) is 4.66. The number of carbonyl (C=O) groups excluding carboxylic acids is 1. The maximum Gasteiger partial charge on any atom is 0.389 e. The summed E-state index contributed by atoms with van der Waals surface area (Å²) < 4.78 is 35.5. The molecule has 19 heavy (non-hydrogen) atoms. The molecule has 0 aliphatic heterocycles. The van der Waals surface area contributed by atoms with Crippen molar-refractivity contribution in [3.05, 3.63) is 0 Å². The minimum atomic E-state index is -4.21. The highest BCUT2D eigenvalue weighted by Crippen LogP contribution is 2.25. The molecule has 1 rings (SSSR count). The fourth-order valence-corrected chi connectivity index (χ4v) is 2.06. The summed E-state index contributed by atoms with van der Waals surface area (Å²) >= 11 is 0. The maximum absolute atomic E-state index is 11.8. The standard InChI is InChI=1S/C11H17F3N2O3/c12-11(13,14)4-1-5-15-10(19)16-8-3-2-7(6-8)9(17)18/h7-8H,1-6H2,(H,17,18)(H2,15,16,19). The highest BCUT2D eigenvalue weighted by atomic mass is 19.4. The fourth-order valence-electron chi connectivity index (χ4n) is 2.06. The zero-order valence-corrected chi connectivity index (χ0v) is 10.3. The van der Waals surface area contributed by atoms with E-state index in [2.05, 4.69) is 10.6 Å². The van der Waals surface area contributed by atoms with E-state index in [1.165, 1.54) is 0 Å². The Balaban J connectivity index is 2.13. The lowest BCUT2D eigenvalue weighted by Gasteiger charge is -2.13. The van der Waals surface area contributed by atoms with Crippen molar-refractivity contribution in [1.29, 1.82) is 0 Å². The van der Waals surface area contributed by atoms with Gasteiger partial charge < -0.3 is 15.7 Å². The van der Waals surface area contributed by atoms with Crippen LogP contribution in [-0.2, 0) is 4.79 Å².